The summed E-state index contributed by atoms with van der Waals surface area (Å²) in [5.74, 6) is -1.35. The third-order valence-corrected chi connectivity index (χ3v) is 16.9. The van der Waals surface area contributed by atoms with E-state index in [1.807, 2.05) is 0 Å². The lowest BCUT2D eigenvalue weighted by Gasteiger charge is -2.21. The second-order valence-corrected chi connectivity index (χ2v) is 26.9. The van der Waals surface area contributed by atoms with Crippen molar-refractivity contribution in [2.75, 3.05) is 39.6 Å². The highest BCUT2D eigenvalue weighted by Crippen LogP contribution is 2.45. The molecule has 0 aliphatic rings. The lowest BCUT2D eigenvalue weighted by molar-refractivity contribution is -0.161. The molecule has 0 bridgehead atoms. The normalized spacial score (nSPS) is 14.2. The summed E-state index contributed by atoms with van der Waals surface area (Å²) < 4.78 is 68.0. The third-order valence-electron chi connectivity index (χ3n) is 15.0. The second kappa shape index (κ2) is 58.7. The zero-order valence-electron chi connectivity index (χ0n) is 54.0. The van der Waals surface area contributed by atoms with Crippen LogP contribution in [0, 0.1) is 5.92 Å². The quantitative estimate of drug-likeness (QED) is 0.0222. The molecule has 498 valence electrons. The number of carbonyl (C=O) groups excluding carboxylic acids is 4. The Labute approximate surface area is 511 Å². The predicted octanol–water partition coefficient (Wildman–Crippen LogP) is 18.2. The molecule has 17 nitrogen and oxygen atoms in total. The molecule has 0 fully saturated rings. The topological polar surface area (TPSA) is 237 Å². The van der Waals surface area contributed by atoms with E-state index in [-0.39, 0.29) is 25.7 Å². The molecule has 0 aromatic heterocycles. The van der Waals surface area contributed by atoms with Crippen LogP contribution in [-0.2, 0) is 65.4 Å². The zero-order valence-corrected chi connectivity index (χ0v) is 55.8. The van der Waals surface area contributed by atoms with Crippen molar-refractivity contribution in [3.05, 3.63) is 0 Å². The van der Waals surface area contributed by atoms with Crippen molar-refractivity contribution in [2.24, 2.45) is 5.92 Å². The summed E-state index contributed by atoms with van der Waals surface area (Å²) in [7, 11) is -9.88. The monoisotopic (exact) mass is 1240 g/mol. The molecule has 0 heterocycles. The molecule has 0 aliphatic carbocycles. The van der Waals surface area contributed by atoms with Gasteiger partial charge in [0.2, 0.25) is 0 Å². The average molecular weight is 1240 g/mol. The van der Waals surface area contributed by atoms with Crippen LogP contribution in [0.25, 0.3) is 0 Å². The fraction of sp³-hybridized carbons (Fsp3) is 0.938. The first-order valence-corrected chi connectivity index (χ1v) is 37.1. The van der Waals surface area contributed by atoms with Crippen LogP contribution in [0.4, 0.5) is 0 Å². The molecule has 0 amide bonds. The van der Waals surface area contributed by atoms with Crippen LogP contribution >= 0.6 is 15.6 Å². The van der Waals surface area contributed by atoms with Crippen molar-refractivity contribution in [1.82, 2.24) is 0 Å². The van der Waals surface area contributed by atoms with Crippen molar-refractivity contribution in [3.63, 3.8) is 0 Å². The molecule has 0 saturated heterocycles. The molecule has 0 spiro atoms. The first kappa shape index (κ1) is 82.1. The Hall–Kier alpha value is -1.94. The minimum atomic E-state index is -4.94. The molecule has 0 aliphatic heterocycles. The number of hydrogen-bond acceptors (Lipinski definition) is 15. The molecule has 0 aromatic rings. The van der Waals surface area contributed by atoms with E-state index in [4.69, 9.17) is 37.0 Å². The molecule has 0 radical (unpaired) electrons. The Morgan fingerprint density at radius 2 is 0.548 bits per heavy atom. The molecule has 5 atom stereocenters. The maximum absolute atomic E-state index is 13.0. The van der Waals surface area contributed by atoms with E-state index in [1.165, 1.54) is 154 Å². The lowest BCUT2D eigenvalue weighted by Crippen LogP contribution is -2.30. The Morgan fingerprint density at radius 3 is 0.810 bits per heavy atom. The van der Waals surface area contributed by atoms with Gasteiger partial charge in [0.1, 0.15) is 19.3 Å². The van der Waals surface area contributed by atoms with Gasteiger partial charge in [-0.15, -0.1) is 0 Å². The lowest BCUT2D eigenvalue weighted by atomic mass is 10.0. The summed E-state index contributed by atoms with van der Waals surface area (Å²) in [6.45, 7) is 7.19. The van der Waals surface area contributed by atoms with Crippen LogP contribution in [0.2, 0.25) is 0 Å². The van der Waals surface area contributed by atoms with Gasteiger partial charge in [-0.05, 0) is 31.6 Å². The number of phosphoric ester groups is 2. The van der Waals surface area contributed by atoms with Gasteiger partial charge in [-0.3, -0.25) is 37.3 Å². The Balaban J connectivity index is 5.22. The first-order valence-electron chi connectivity index (χ1n) is 34.1. The van der Waals surface area contributed by atoms with Crippen molar-refractivity contribution in [1.29, 1.82) is 0 Å². The maximum atomic E-state index is 13.0. The van der Waals surface area contributed by atoms with E-state index in [1.54, 1.807) is 0 Å². The summed E-state index contributed by atoms with van der Waals surface area (Å²) in [4.78, 5) is 72.2. The van der Waals surface area contributed by atoms with Gasteiger partial charge in [-0.1, -0.05) is 279 Å². The number of phosphoric acid groups is 2. The second-order valence-electron chi connectivity index (χ2n) is 24.0. The van der Waals surface area contributed by atoms with E-state index in [9.17, 15) is 43.2 Å². The van der Waals surface area contributed by atoms with Crippen LogP contribution < -0.4 is 0 Å². The molecular formula is C65H126O17P2. The fourth-order valence-corrected chi connectivity index (χ4v) is 11.3. The van der Waals surface area contributed by atoms with Crippen molar-refractivity contribution >= 4 is 39.5 Å². The van der Waals surface area contributed by atoms with Gasteiger partial charge >= 0.3 is 39.5 Å². The summed E-state index contributed by atoms with van der Waals surface area (Å²) >= 11 is 0. The van der Waals surface area contributed by atoms with Crippen LogP contribution in [0.5, 0.6) is 0 Å². The van der Waals surface area contributed by atoms with Gasteiger partial charge in [-0.25, -0.2) is 9.13 Å². The van der Waals surface area contributed by atoms with Gasteiger partial charge in [-0.2, -0.15) is 0 Å². The molecule has 0 saturated carbocycles. The number of ether oxygens (including phenoxy) is 4. The highest BCUT2D eigenvalue weighted by molar-refractivity contribution is 7.47. The highest BCUT2D eigenvalue weighted by atomic mass is 31.2. The SMILES string of the molecule is CCCCCCCCCCCCC(=O)OC[C@H](COP(=O)(O)OC[C@@H](O)COP(=O)(O)OC[C@@H](COC(=O)CCCCCCCCCCC)OC(=O)CCCCCCCCCCCC)OC(=O)CCCCCCCCCCCCCCC(C)C. The average Bonchev–Trinajstić information content (AvgIpc) is 3.48. The number of rotatable bonds is 65. The fourth-order valence-electron chi connectivity index (χ4n) is 9.76. The zero-order chi connectivity index (χ0) is 62.0. The summed E-state index contributed by atoms with van der Waals surface area (Å²) in [6, 6.07) is 0. The van der Waals surface area contributed by atoms with Crippen LogP contribution in [0.3, 0.4) is 0 Å². The molecule has 3 N–H and O–H groups in total. The van der Waals surface area contributed by atoms with Crippen molar-refractivity contribution in [3.8, 4) is 0 Å². The number of unbranched alkanes of at least 4 members (excludes halogenated alkanes) is 37. The maximum Gasteiger partial charge on any atom is 0.472 e. The molecular weight excluding hydrogens is 1110 g/mol. The van der Waals surface area contributed by atoms with Gasteiger partial charge in [0.15, 0.2) is 12.2 Å². The van der Waals surface area contributed by atoms with Crippen LogP contribution in [0.1, 0.15) is 330 Å². The number of esters is 4. The summed E-state index contributed by atoms with van der Waals surface area (Å²) in [5.41, 5.74) is 0. The van der Waals surface area contributed by atoms with E-state index >= 15 is 0 Å². The third kappa shape index (κ3) is 59.0. The first-order chi connectivity index (χ1) is 40.5. The van der Waals surface area contributed by atoms with Crippen molar-refractivity contribution in [2.45, 2.75) is 348 Å². The minimum Gasteiger partial charge on any atom is -0.462 e. The molecule has 19 heteroatoms. The van der Waals surface area contributed by atoms with Crippen LogP contribution in [0.15, 0.2) is 0 Å². The smallest absolute Gasteiger partial charge is 0.462 e. The Bertz CT molecular complexity index is 1640. The summed E-state index contributed by atoms with van der Waals surface area (Å²) in [5, 5.41) is 10.5. The van der Waals surface area contributed by atoms with Gasteiger partial charge in [0.05, 0.1) is 26.4 Å². The molecule has 2 unspecified atom stereocenters. The molecule has 0 aromatic carbocycles. The van der Waals surface area contributed by atoms with E-state index in [2.05, 4.69) is 34.6 Å². The Kier molecular flexibility index (Phi) is 57.4. The summed E-state index contributed by atoms with van der Waals surface area (Å²) in [6.07, 6.45) is 42.9. The number of carbonyl (C=O) groups is 4. The number of aliphatic hydroxyl groups is 1. The van der Waals surface area contributed by atoms with Crippen molar-refractivity contribution < 1.29 is 80.2 Å². The number of aliphatic hydroxyl groups excluding tert-OH is 1. The predicted molar refractivity (Wildman–Crippen MR) is 335 cm³/mol. The van der Waals surface area contributed by atoms with Gasteiger partial charge in [0, 0.05) is 25.7 Å². The number of hydrogen-bond donors (Lipinski definition) is 3. The van der Waals surface area contributed by atoms with E-state index in [0.29, 0.717) is 25.7 Å². The minimum absolute atomic E-state index is 0.106. The highest BCUT2D eigenvalue weighted by Gasteiger charge is 2.30. The van der Waals surface area contributed by atoms with Crippen LogP contribution in [-0.4, -0.2) is 96.7 Å². The van der Waals surface area contributed by atoms with E-state index < -0.39 is 97.5 Å². The van der Waals surface area contributed by atoms with Gasteiger partial charge < -0.3 is 33.8 Å². The van der Waals surface area contributed by atoms with E-state index in [0.717, 1.165) is 95.8 Å². The standard InChI is InChI=1S/C65H126O17P2/c1-6-9-12-15-18-21-29-34-39-44-49-63(68)76-55-61(82-65(70)51-46-41-36-31-26-24-23-25-28-32-37-42-47-58(4)5)57-80-84(73,74)78-53-59(66)52-77-83(71,72)79-56-60(54-75-62(67)48-43-38-33-27-20-17-14-11-8-3)81-64(69)50-45-40-35-30-22-19-16-13-10-7-2/h58-61,66H,6-57H2,1-5H3,(H,71,72)(H,73,74)/t59-,60+,61+/m0/s1. The molecule has 0 rings (SSSR count). The largest absolute Gasteiger partial charge is 0.472 e. The van der Waals surface area contributed by atoms with Gasteiger partial charge in [0.25, 0.3) is 0 Å². The Morgan fingerprint density at radius 1 is 0.321 bits per heavy atom. The molecule has 84 heavy (non-hydrogen) atoms.